The minimum atomic E-state index is 0.989. The Morgan fingerprint density at radius 2 is 1.83 bits per heavy atom. The third-order valence-corrected chi connectivity index (χ3v) is 3.77. The van der Waals surface area contributed by atoms with Gasteiger partial charge in [0.15, 0.2) is 0 Å². The first kappa shape index (κ1) is 11.5. The van der Waals surface area contributed by atoms with Gasteiger partial charge in [-0.1, -0.05) is 25.1 Å². The smallest absolute Gasteiger partial charge is 0.212 e. The van der Waals surface area contributed by atoms with Gasteiger partial charge in [0.1, 0.15) is 0 Å². The molecule has 3 rings (SSSR count). The predicted octanol–water partition coefficient (Wildman–Crippen LogP) is 4.67. The van der Waals surface area contributed by atoms with Crippen molar-refractivity contribution in [1.29, 1.82) is 0 Å². The fraction of sp³-hybridized carbons (Fsp3) is 0.353. The van der Waals surface area contributed by atoms with Crippen LogP contribution in [0.2, 0.25) is 0 Å². The van der Waals surface area contributed by atoms with Crippen LogP contribution in [-0.4, -0.2) is 0 Å². The van der Waals surface area contributed by atoms with E-state index < -0.39 is 0 Å². The Kier molecular flexibility index (Phi) is 3.14. The van der Waals surface area contributed by atoms with Crippen molar-refractivity contribution < 1.29 is 4.42 Å². The van der Waals surface area contributed by atoms with Crippen LogP contribution in [0.25, 0.3) is 11.3 Å². The minimum Gasteiger partial charge on any atom is -0.212 e. The van der Waals surface area contributed by atoms with Gasteiger partial charge in [0.05, 0.1) is 17.5 Å². The SMILES string of the molecule is CCc1[o+]c(-c2ccccc2)cc2c1CCCC2. The molecule has 1 heterocycles. The minimum absolute atomic E-state index is 0.989. The van der Waals surface area contributed by atoms with Crippen LogP contribution in [-0.2, 0) is 19.3 Å². The summed E-state index contributed by atoms with van der Waals surface area (Å²) in [7, 11) is 0. The number of hydrogen-bond acceptors (Lipinski definition) is 0. The molecule has 0 fully saturated rings. The molecule has 0 radical (unpaired) electrons. The first-order valence-electron chi connectivity index (χ1n) is 6.91. The molecule has 0 saturated heterocycles. The molecule has 0 atom stereocenters. The van der Waals surface area contributed by atoms with E-state index in [9.17, 15) is 0 Å². The van der Waals surface area contributed by atoms with Crippen LogP contribution in [0.4, 0.5) is 0 Å². The molecule has 1 aliphatic carbocycles. The lowest BCUT2D eigenvalue weighted by Gasteiger charge is -2.13. The molecule has 0 N–H and O–H groups in total. The molecule has 0 saturated carbocycles. The highest BCUT2D eigenvalue weighted by Gasteiger charge is 2.25. The number of fused-ring (bicyclic) bond motifs is 1. The molecule has 1 nitrogen and oxygen atoms in total. The van der Waals surface area contributed by atoms with Crippen LogP contribution in [0.5, 0.6) is 0 Å². The number of hydrogen-bond donors (Lipinski definition) is 0. The van der Waals surface area contributed by atoms with Crippen molar-refractivity contribution in [2.24, 2.45) is 0 Å². The Hall–Kier alpha value is -1.63. The van der Waals surface area contributed by atoms with Crippen LogP contribution in [0, 0.1) is 0 Å². The monoisotopic (exact) mass is 239 g/mol. The molecule has 0 bridgehead atoms. The summed E-state index contributed by atoms with van der Waals surface area (Å²) < 4.78 is 6.11. The molecule has 2 aromatic rings. The summed E-state index contributed by atoms with van der Waals surface area (Å²) in [6.07, 6.45) is 6.01. The molecule has 0 spiro atoms. The largest absolute Gasteiger partial charge is 0.360 e. The van der Waals surface area contributed by atoms with Gasteiger partial charge in [-0.2, -0.15) is 0 Å². The van der Waals surface area contributed by atoms with Crippen molar-refractivity contribution >= 4 is 0 Å². The van der Waals surface area contributed by atoms with Gasteiger partial charge in [0.2, 0.25) is 0 Å². The average Bonchev–Trinajstić information content (AvgIpc) is 2.47. The van der Waals surface area contributed by atoms with Gasteiger partial charge >= 0.3 is 11.5 Å². The second-order valence-electron chi connectivity index (χ2n) is 4.96. The van der Waals surface area contributed by atoms with Gasteiger partial charge in [0.25, 0.3) is 0 Å². The van der Waals surface area contributed by atoms with Gasteiger partial charge in [-0.05, 0) is 43.4 Å². The second-order valence-corrected chi connectivity index (χ2v) is 4.96. The summed E-state index contributed by atoms with van der Waals surface area (Å²) in [5, 5.41) is 0. The van der Waals surface area contributed by atoms with Gasteiger partial charge in [-0.3, -0.25) is 0 Å². The Morgan fingerprint density at radius 3 is 2.61 bits per heavy atom. The Bertz CT molecular complexity index is 526. The topological polar surface area (TPSA) is 11.3 Å². The molecule has 1 aromatic carbocycles. The highest BCUT2D eigenvalue weighted by atomic mass is 16.3. The van der Waals surface area contributed by atoms with Crippen molar-refractivity contribution in [1.82, 2.24) is 0 Å². The van der Waals surface area contributed by atoms with Crippen LogP contribution in [0.1, 0.15) is 36.7 Å². The Balaban J connectivity index is 2.12. The van der Waals surface area contributed by atoms with E-state index in [1.54, 1.807) is 0 Å². The average molecular weight is 239 g/mol. The lowest BCUT2D eigenvalue weighted by molar-refractivity contribution is 0.490. The van der Waals surface area contributed by atoms with E-state index in [0.717, 1.165) is 12.2 Å². The van der Waals surface area contributed by atoms with Gasteiger partial charge < -0.3 is 0 Å². The highest BCUT2D eigenvalue weighted by Crippen LogP contribution is 2.30. The van der Waals surface area contributed by atoms with Crippen molar-refractivity contribution in [3.8, 4) is 11.3 Å². The van der Waals surface area contributed by atoms with Crippen LogP contribution in [0.15, 0.2) is 40.8 Å². The van der Waals surface area contributed by atoms with Gasteiger partial charge in [0, 0.05) is 6.07 Å². The normalized spacial score (nSPS) is 14.3. The molecular weight excluding hydrogens is 220 g/mol. The second kappa shape index (κ2) is 4.93. The Morgan fingerprint density at radius 1 is 1.06 bits per heavy atom. The molecule has 0 amide bonds. The lowest BCUT2D eigenvalue weighted by Crippen LogP contribution is -2.06. The summed E-state index contributed by atoms with van der Waals surface area (Å²) in [5.74, 6) is 2.21. The molecule has 1 heteroatoms. The zero-order chi connectivity index (χ0) is 12.4. The first-order chi connectivity index (χ1) is 8.88. The van der Waals surface area contributed by atoms with E-state index in [2.05, 4.69) is 37.3 Å². The Labute approximate surface area is 108 Å². The molecular formula is C17H19O+. The van der Waals surface area contributed by atoms with E-state index in [1.807, 2.05) is 6.07 Å². The van der Waals surface area contributed by atoms with E-state index in [1.165, 1.54) is 48.1 Å². The summed E-state index contributed by atoms with van der Waals surface area (Å²) >= 11 is 0. The third-order valence-electron chi connectivity index (χ3n) is 3.77. The first-order valence-corrected chi connectivity index (χ1v) is 6.91. The number of rotatable bonds is 2. The molecule has 0 unspecified atom stereocenters. The molecule has 0 aliphatic heterocycles. The number of aryl methyl sites for hydroxylation is 2. The zero-order valence-electron chi connectivity index (χ0n) is 10.9. The van der Waals surface area contributed by atoms with E-state index in [-0.39, 0.29) is 0 Å². The van der Waals surface area contributed by atoms with Crippen LogP contribution in [0.3, 0.4) is 0 Å². The maximum absolute atomic E-state index is 6.11. The maximum atomic E-state index is 6.11. The summed E-state index contributed by atoms with van der Waals surface area (Å²) in [5.41, 5.74) is 4.16. The zero-order valence-corrected chi connectivity index (χ0v) is 10.9. The van der Waals surface area contributed by atoms with Crippen molar-refractivity contribution in [3.63, 3.8) is 0 Å². The maximum Gasteiger partial charge on any atom is 0.360 e. The van der Waals surface area contributed by atoms with Gasteiger partial charge in [-0.25, -0.2) is 4.42 Å². The van der Waals surface area contributed by atoms with Crippen molar-refractivity contribution in [3.05, 3.63) is 53.3 Å². The van der Waals surface area contributed by atoms with Crippen molar-refractivity contribution in [2.45, 2.75) is 39.0 Å². The third kappa shape index (κ3) is 2.05. The molecule has 1 aromatic heterocycles. The van der Waals surface area contributed by atoms with Gasteiger partial charge in [-0.15, -0.1) is 0 Å². The predicted molar refractivity (Wildman–Crippen MR) is 74.6 cm³/mol. The molecule has 18 heavy (non-hydrogen) atoms. The summed E-state index contributed by atoms with van der Waals surface area (Å²) in [6.45, 7) is 2.18. The van der Waals surface area contributed by atoms with Crippen molar-refractivity contribution in [2.75, 3.05) is 0 Å². The molecule has 92 valence electrons. The van der Waals surface area contributed by atoms with Crippen LogP contribution >= 0.6 is 0 Å². The highest BCUT2D eigenvalue weighted by molar-refractivity contribution is 5.58. The standard InChI is InChI=1S/C17H19O/c1-2-16-15-11-7-6-10-14(15)12-17(18-16)13-8-4-3-5-9-13/h3-5,8-9,12H,2,6-7,10-11H2,1H3/q+1. The summed E-state index contributed by atoms with van der Waals surface area (Å²) in [4.78, 5) is 0. The fourth-order valence-electron chi connectivity index (χ4n) is 2.82. The van der Waals surface area contributed by atoms with E-state index in [4.69, 9.17) is 4.42 Å². The van der Waals surface area contributed by atoms with E-state index in [0.29, 0.717) is 0 Å². The quantitative estimate of drug-likeness (QED) is 0.693. The summed E-state index contributed by atoms with van der Waals surface area (Å²) in [6, 6.07) is 12.7. The molecule has 1 aliphatic rings. The van der Waals surface area contributed by atoms with Crippen LogP contribution < -0.4 is 0 Å². The number of benzene rings is 1. The van der Waals surface area contributed by atoms with E-state index >= 15 is 0 Å². The lowest BCUT2D eigenvalue weighted by atomic mass is 9.90. The fourth-order valence-corrected chi connectivity index (χ4v) is 2.82.